The van der Waals surface area contributed by atoms with Gasteiger partial charge in [0.15, 0.2) is 11.5 Å². The number of aryl methyl sites for hydroxylation is 1. The number of hydrogen-bond acceptors (Lipinski definition) is 4. The molecule has 0 amide bonds. The van der Waals surface area contributed by atoms with Crippen LogP contribution >= 0.6 is 0 Å². The number of fused-ring (bicyclic) bond motifs is 1. The molecule has 2 heterocycles. The van der Waals surface area contributed by atoms with Crippen molar-refractivity contribution >= 4 is 0 Å². The monoisotopic (exact) mass is 273 g/mol. The van der Waals surface area contributed by atoms with Crippen molar-refractivity contribution in [3.05, 3.63) is 42.0 Å². The lowest BCUT2D eigenvalue weighted by Crippen LogP contribution is -2.22. The van der Waals surface area contributed by atoms with E-state index in [0.717, 1.165) is 29.4 Å². The van der Waals surface area contributed by atoms with E-state index in [0.29, 0.717) is 13.2 Å². The highest BCUT2D eigenvalue weighted by Gasteiger charge is 2.20. The second-order valence-electron chi connectivity index (χ2n) is 4.70. The molecule has 1 aromatic carbocycles. The quantitative estimate of drug-likeness (QED) is 0.925. The zero-order valence-corrected chi connectivity index (χ0v) is 11.8. The number of benzene rings is 1. The molecule has 0 fully saturated rings. The molecule has 1 unspecified atom stereocenters. The lowest BCUT2D eigenvalue weighted by atomic mass is 10.1. The molecule has 1 aliphatic rings. The molecule has 0 radical (unpaired) electrons. The van der Waals surface area contributed by atoms with Gasteiger partial charge in [0.2, 0.25) is 0 Å². The molecule has 0 aliphatic carbocycles. The maximum atomic E-state index is 5.65. The largest absolute Gasteiger partial charge is 0.486 e. The Morgan fingerprint density at radius 2 is 2.10 bits per heavy atom. The number of nitrogens with one attached hydrogen (secondary N) is 1. The van der Waals surface area contributed by atoms with Crippen molar-refractivity contribution in [3.8, 4) is 11.5 Å². The Balaban J connectivity index is 1.97. The highest BCUT2D eigenvalue weighted by atomic mass is 16.6. The Kier molecular flexibility index (Phi) is 3.60. The first-order valence-corrected chi connectivity index (χ1v) is 6.91. The molecule has 0 saturated carbocycles. The van der Waals surface area contributed by atoms with Gasteiger partial charge in [0, 0.05) is 18.9 Å². The molecule has 5 heteroatoms. The molecule has 0 bridgehead atoms. The molecule has 1 N–H and O–H groups in total. The summed E-state index contributed by atoms with van der Waals surface area (Å²) in [5.74, 6) is 2.63. The predicted molar refractivity (Wildman–Crippen MR) is 76.2 cm³/mol. The first-order valence-electron chi connectivity index (χ1n) is 6.91. The van der Waals surface area contributed by atoms with Crippen LogP contribution in [0, 0.1) is 0 Å². The van der Waals surface area contributed by atoms with Crippen LogP contribution in [0.2, 0.25) is 0 Å². The van der Waals surface area contributed by atoms with Crippen LogP contribution < -0.4 is 14.8 Å². The standard InChI is InChI=1S/C15H19N3O2/c1-3-18-7-6-17-15(18)14(16-2)11-4-5-12-13(10-11)20-9-8-19-12/h4-7,10,14,16H,3,8-9H2,1-2H3. The van der Waals surface area contributed by atoms with Gasteiger partial charge in [-0.3, -0.25) is 0 Å². The van der Waals surface area contributed by atoms with Crippen molar-refractivity contribution in [2.45, 2.75) is 19.5 Å². The van der Waals surface area contributed by atoms with E-state index in [-0.39, 0.29) is 6.04 Å². The molecule has 3 rings (SSSR count). The van der Waals surface area contributed by atoms with Crippen molar-refractivity contribution in [1.29, 1.82) is 0 Å². The van der Waals surface area contributed by atoms with Gasteiger partial charge in [0.1, 0.15) is 19.0 Å². The van der Waals surface area contributed by atoms with E-state index in [4.69, 9.17) is 9.47 Å². The summed E-state index contributed by atoms with van der Waals surface area (Å²) in [6, 6.07) is 6.10. The maximum Gasteiger partial charge on any atom is 0.161 e. The summed E-state index contributed by atoms with van der Waals surface area (Å²) >= 11 is 0. The van der Waals surface area contributed by atoms with Crippen LogP contribution in [0.15, 0.2) is 30.6 Å². The molecule has 1 aliphatic heterocycles. The van der Waals surface area contributed by atoms with Crippen LogP contribution in [-0.4, -0.2) is 29.8 Å². The molecule has 1 aromatic heterocycles. The van der Waals surface area contributed by atoms with Gasteiger partial charge in [-0.2, -0.15) is 0 Å². The van der Waals surface area contributed by atoms with Gasteiger partial charge in [-0.25, -0.2) is 4.98 Å². The third kappa shape index (κ3) is 2.25. The van der Waals surface area contributed by atoms with Crippen LogP contribution in [0.25, 0.3) is 0 Å². The summed E-state index contributed by atoms with van der Waals surface area (Å²) in [6.45, 7) is 4.23. The van der Waals surface area contributed by atoms with E-state index >= 15 is 0 Å². The van der Waals surface area contributed by atoms with Crippen molar-refractivity contribution in [3.63, 3.8) is 0 Å². The van der Waals surface area contributed by atoms with Crippen LogP contribution in [0.3, 0.4) is 0 Å². The summed E-state index contributed by atoms with van der Waals surface area (Å²) in [4.78, 5) is 4.48. The molecule has 0 spiro atoms. The minimum Gasteiger partial charge on any atom is -0.486 e. The Hall–Kier alpha value is -2.01. The normalized spacial score (nSPS) is 15.1. The Labute approximate surface area is 118 Å². The summed E-state index contributed by atoms with van der Waals surface area (Å²) < 4.78 is 13.4. The van der Waals surface area contributed by atoms with Gasteiger partial charge < -0.3 is 19.4 Å². The van der Waals surface area contributed by atoms with E-state index in [2.05, 4.69) is 27.9 Å². The second-order valence-corrected chi connectivity index (χ2v) is 4.70. The van der Waals surface area contributed by atoms with Crippen molar-refractivity contribution in [1.82, 2.24) is 14.9 Å². The number of rotatable bonds is 4. The van der Waals surface area contributed by atoms with Gasteiger partial charge in [-0.15, -0.1) is 0 Å². The number of ether oxygens (including phenoxy) is 2. The van der Waals surface area contributed by atoms with Gasteiger partial charge in [0.05, 0.1) is 6.04 Å². The van der Waals surface area contributed by atoms with Gasteiger partial charge in [-0.1, -0.05) is 6.07 Å². The number of imidazole rings is 1. The average molecular weight is 273 g/mol. The van der Waals surface area contributed by atoms with Crippen molar-refractivity contribution < 1.29 is 9.47 Å². The molecule has 0 saturated heterocycles. The number of aromatic nitrogens is 2. The molecular formula is C15H19N3O2. The molecule has 5 nitrogen and oxygen atoms in total. The average Bonchev–Trinajstić information content (AvgIpc) is 2.96. The fraction of sp³-hybridized carbons (Fsp3) is 0.400. The topological polar surface area (TPSA) is 48.3 Å². The molecule has 2 aromatic rings. The Bertz CT molecular complexity index is 595. The molecule has 1 atom stereocenters. The maximum absolute atomic E-state index is 5.65. The van der Waals surface area contributed by atoms with Crippen LogP contribution in [0.1, 0.15) is 24.4 Å². The van der Waals surface area contributed by atoms with Gasteiger partial charge in [0.25, 0.3) is 0 Å². The third-order valence-corrected chi connectivity index (χ3v) is 3.53. The first-order chi connectivity index (χ1) is 9.83. The lowest BCUT2D eigenvalue weighted by Gasteiger charge is -2.22. The van der Waals surface area contributed by atoms with E-state index in [1.807, 2.05) is 31.6 Å². The number of hydrogen-bond donors (Lipinski definition) is 1. The highest BCUT2D eigenvalue weighted by Crippen LogP contribution is 2.33. The summed E-state index contributed by atoms with van der Waals surface area (Å²) in [5, 5.41) is 3.32. The Morgan fingerprint density at radius 1 is 1.30 bits per heavy atom. The van der Waals surface area contributed by atoms with Crippen molar-refractivity contribution in [2.75, 3.05) is 20.3 Å². The predicted octanol–water partition coefficient (Wildman–Crippen LogP) is 1.98. The van der Waals surface area contributed by atoms with Crippen LogP contribution in [0.4, 0.5) is 0 Å². The Morgan fingerprint density at radius 3 is 2.85 bits per heavy atom. The van der Waals surface area contributed by atoms with Crippen LogP contribution in [0.5, 0.6) is 11.5 Å². The van der Waals surface area contributed by atoms with E-state index in [1.165, 1.54) is 0 Å². The fourth-order valence-electron chi connectivity index (χ4n) is 2.53. The fourth-order valence-corrected chi connectivity index (χ4v) is 2.53. The van der Waals surface area contributed by atoms with Gasteiger partial charge in [-0.05, 0) is 31.7 Å². The van der Waals surface area contributed by atoms with Crippen LogP contribution in [-0.2, 0) is 6.54 Å². The zero-order chi connectivity index (χ0) is 13.9. The first kappa shape index (κ1) is 13.0. The van der Waals surface area contributed by atoms with E-state index < -0.39 is 0 Å². The summed E-state index contributed by atoms with van der Waals surface area (Å²) in [5.41, 5.74) is 1.12. The van der Waals surface area contributed by atoms with Crippen molar-refractivity contribution in [2.24, 2.45) is 0 Å². The third-order valence-electron chi connectivity index (χ3n) is 3.53. The number of nitrogens with zero attached hydrogens (tertiary/aromatic N) is 2. The minimum atomic E-state index is 0.0424. The lowest BCUT2D eigenvalue weighted by molar-refractivity contribution is 0.171. The highest BCUT2D eigenvalue weighted by molar-refractivity contribution is 5.45. The second kappa shape index (κ2) is 5.54. The molecular weight excluding hydrogens is 254 g/mol. The molecule has 20 heavy (non-hydrogen) atoms. The zero-order valence-electron chi connectivity index (χ0n) is 11.8. The van der Waals surface area contributed by atoms with E-state index in [1.54, 1.807) is 0 Å². The summed E-state index contributed by atoms with van der Waals surface area (Å²) in [7, 11) is 1.94. The minimum absolute atomic E-state index is 0.0424. The van der Waals surface area contributed by atoms with Gasteiger partial charge >= 0.3 is 0 Å². The summed E-state index contributed by atoms with van der Waals surface area (Å²) in [6.07, 6.45) is 3.83. The SMILES string of the molecule is CCn1ccnc1C(NC)c1ccc2c(c1)OCCO2. The smallest absolute Gasteiger partial charge is 0.161 e. The molecule has 106 valence electrons. The van der Waals surface area contributed by atoms with E-state index in [9.17, 15) is 0 Å².